The van der Waals surface area contributed by atoms with E-state index in [2.05, 4.69) is 5.10 Å². The van der Waals surface area contributed by atoms with E-state index in [9.17, 15) is 14.7 Å². The summed E-state index contributed by atoms with van der Waals surface area (Å²) in [7, 11) is 0. The lowest BCUT2D eigenvalue weighted by Crippen LogP contribution is -2.25. The fraction of sp³-hybridized carbons (Fsp3) is 0.292. The molecule has 0 unspecified atom stereocenters. The molecular weight excluding hydrogens is 411 g/mol. The first-order chi connectivity index (χ1) is 15.3. The molecule has 0 atom stereocenters. The maximum atomic E-state index is 15.2. The van der Waals surface area contributed by atoms with Crippen molar-refractivity contribution in [3.63, 3.8) is 0 Å². The van der Waals surface area contributed by atoms with Crippen LogP contribution in [0, 0.1) is 12.7 Å². The van der Waals surface area contributed by atoms with Crippen LogP contribution in [0.25, 0.3) is 22.3 Å². The van der Waals surface area contributed by atoms with Crippen LogP contribution in [-0.4, -0.2) is 23.9 Å². The van der Waals surface area contributed by atoms with E-state index in [4.69, 9.17) is 0 Å². The molecule has 0 saturated carbocycles. The fourth-order valence-corrected chi connectivity index (χ4v) is 4.05. The van der Waals surface area contributed by atoms with Gasteiger partial charge in [-0.15, -0.1) is 5.10 Å². The van der Waals surface area contributed by atoms with Gasteiger partial charge < -0.3 is 5.11 Å². The molecule has 3 aromatic heterocycles. The maximum Gasteiger partial charge on any atom is 0.350 e. The second-order valence-corrected chi connectivity index (χ2v) is 8.06. The largest absolute Gasteiger partial charge is 0.388 e. The van der Waals surface area contributed by atoms with Gasteiger partial charge in [0.05, 0.1) is 11.7 Å². The first-order valence-electron chi connectivity index (χ1n) is 10.5. The van der Waals surface area contributed by atoms with Crippen molar-refractivity contribution in [1.29, 1.82) is 0 Å². The van der Waals surface area contributed by atoms with Crippen LogP contribution in [0.2, 0.25) is 0 Å². The van der Waals surface area contributed by atoms with Crippen LogP contribution in [0.1, 0.15) is 43.6 Å². The Kier molecular flexibility index (Phi) is 5.56. The zero-order chi connectivity index (χ0) is 23.2. The Morgan fingerprint density at radius 2 is 1.84 bits per heavy atom. The Morgan fingerprint density at radius 1 is 1.12 bits per heavy atom. The zero-order valence-electron chi connectivity index (χ0n) is 18.5. The quantitative estimate of drug-likeness (QED) is 0.520. The number of aryl methyl sites for hydroxylation is 1. The van der Waals surface area contributed by atoms with Crippen LogP contribution < -0.4 is 11.2 Å². The molecule has 7 nitrogen and oxygen atoms in total. The summed E-state index contributed by atoms with van der Waals surface area (Å²) >= 11 is 0. The van der Waals surface area contributed by atoms with E-state index < -0.39 is 18.1 Å². The Morgan fingerprint density at radius 3 is 2.44 bits per heavy atom. The van der Waals surface area contributed by atoms with Gasteiger partial charge in [0, 0.05) is 12.1 Å². The van der Waals surface area contributed by atoms with Crippen LogP contribution in [0.15, 0.2) is 52.2 Å². The highest BCUT2D eigenvalue weighted by atomic mass is 19.1. The summed E-state index contributed by atoms with van der Waals surface area (Å²) < 4.78 is 18.7. The summed E-state index contributed by atoms with van der Waals surface area (Å²) in [5.74, 6) is -0.582. The van der Waals surface area contributed by atoms with Crippen LogP contribution in [-0.2, 0) is 13.2 Å². The van der Waals surface area contributed by atoms with Crippen molar-refractivity contribution >= 4 is 5.52 Å². The monoisotopic (exact) mass is 436 g/mol. The number of rotatable bonds is 5. The minimum absolute atomic E-state index is 0.0320. The molecule has 32 heavy (non-hydrogen) atoms. The summed E-state index contributed by atoms with van der Waals surface area (Å²) in [4.78, 5) is 26.1. The number of nitrogens with zero attached hydrogens (tertiary/aromatic N) is 4. The van der Waals surface area contributed by atoms with E-state index in [1.54, 1.807) is 6.92 Å². The van der Waals surface area contributed by atoms with Crippen molar-refractivity contribution in [2.75, 3.05) is 0 Å². The number of benzene rings is 1. The molecule has 0 aliphatic carbocycles. The number of fused-ring (bicyclic) bond motifs is 1. The molecule has 0 radical (unpaired) electrons. The molecule has 1 aromatic carbocycles. The number of pyridine rings is 2. The zero-order valence-corrected chi connectivity index (χ0v) is 18.5. The van der Waals surface area contributed by atoms with E-state index in [1.807, 2.05) is 51.1 Å². The van der Waals surface area contributed by atoms with E-state index >= 15 is 4.39 Å². The highest BCUT2D eigenvalue weighted by Crippen LogP contribution is 2.28. The van der Waals surface area contributed by atoms with Crippen molar-refractivity contribution < 1.29 is 9.50 Å². The average Bonchev–Trinajstić information content (AvgIpc) is 3.09. The highest BCUT2D eigenvalue weighted by molar-refractivity contribution is 5.72. The lowest BCUT2D eigenvalue weighted by atomic mass is 9.95. The second-order valence-electron chi connectivity index (χ2n) is 8.06. The van der Waals surface area contributed by atoms with E-state index in [0.29, 0.717) is 17.6 Å². The molecule has 0 saturated heterocycles. The third kappa shape index (κ3) is 3.36. The maximum absolute atomic E-state index is 15.2. The molecule has 1 N–H and O–H groups in total. The van der Waals surface area contributed by atoms with E-state index in [0.717, 1.165) is 27.6 Å². The number of aliphatic hydroxyl groups excluding tert-OH is 1. The Bertz CT molecular complexity index is 1450. The minimum Gasteiger partial charge on any atom is -0.388 e. The van der Waals surface area contributed by atoms with Crippen molar-refractivity contribution in [3.8, 4) is 16.8 Å². The van der Waals surface area contributed by atoms with Gasteiger partial charge in [-0.1, -0.05) is 38.1 Å². The standard InChI is InChI=1S/C24H25FN4O3/c1-5-27-22(13-30)26-29(24(27)32)21-11-20-17(14(2)3)10-18(16-9-7-6-8-15(16)4)23(31)28(20)12-19(21)25/h6-12,14,30H,5,13H2,1-4H3. The number of halogens is 1. The molecule has 0 amide bonds. The Hall–Kier alpha value is -3.52. The molecule has 0 spiro atoms. The molecule has 0 bridgehead atoms. The van der Waals surface area contributed by atoms with Crippen LogP contribution >= 0.6 is 0 Å². The van der Waals surface area contributed by atoms with Gasteiger partial charge in [-0.05, 0) is 48.6 Å². The average molecular weight is 436 g/mol. The van der Waals surface area contributed by atoms with Gasteiger partial charge in [-0.3, -0.25) is 13.8 Å². The Balaban J connectivity index is 2.06. The summed E-state index contributed by atoms with van der Waals surface area (Å²) in [6.45, 7) is 7.51. The van der Waals surface area contributed by atoms with Crippen molar-refractivity contribution in [2.24, 2.45) is 0 Å². The van der Waals surface area contributed by atoms with Crippen molar-refractivity contribution in [3.05, 3.63) is 86.2 Å². The third-order valence-corrected chi connectivity index (χ3v) is 5.75. The molecule has 0 aliphatic rings. The lowest BCUT2D eigenvalue weighted by Gasteiger charge is -2.16. The van der Waals surface area contributed by atoms with Crippen LogP contribution in [0.5, 0.6) is 0 Å². The SMILES string of the molecule is CCn1c(CO)nn(-c2cc3c(C(C)C)cc(-c4ccccc4C)c(=O)n3cc2F)c1=O. The molecule has 0 aliphatic heterocycles. The molecular formula is C24H25FN4O3. The third-order valence-electron chi connectivity index (χ3n) is 5.75. The van der Waals surface area contributed by atoms with E-state index in [-0.39, 0.29) is 23.0 Å². The second kappa shape index (κ2) is 8.20. The van der Waals surface area contributed by atoms with Crippen molar-refractivity contribution in [1.82, 2.24) is 18.7 Å². The lowest BCUT2D eigenvalue weighted by molar-refractivity contribution is 0.264. The number of hydrogen-bond acceptors (Lipinski definition) is 4. The van der Waals surface area contributed by atoms with Gasteiger partial charge in [-0.2, -0.15) is 4.68 Å². The summed E-state index contributed by atoms with van der Waals surface area (Å²) in [5.41, 5.74) is 2.62. The van der Waals surface area contributed by atoms with Gasteiger partial charge in [-0.25, -0.2) is 9.18 Å². The first kappa shape index (κ1) is 21.7. The van der Waals surface area contributed by atoms with Crippen LogP contribution in [0.4, 0.5) is 4.39 Å². The smallest absolute Gasteiger partial charge is 0.350 e. The fourth-order valence-electron chi connectivity index (χ4n) is 4.05. The van der Waals surface area contributed by atoms with Gasteiger partial charge >= 0.3 is 5.69 Å². The van der Waals surface area contributed by atoms with Gasteiger partial charge in [0.2, 0.25) is 0 Å². The summed E-state index contributed by atoms with van der Waals surface area (Å²) in [5, 5.41) is 13.6. The predicted octanol–water partition coefficient (Wildman–Crippen LogP) is 3.40. The van der Waals surface area contributed by atoms with Gasteiger partial charge in [0.25, 0.3) is 5.56 Å². The molecule has 3 heterocycles. The number of hydrogen-bond donors (Lipinski definition) is 1. The molecule has 4 rings (SSSR count). The van der Waals surface area contributed by atoms with Gasteiger partial charge in [0.15, 0.2) is 11.6 Å². The normalized spacial score (nSPS) is 11.6. The van der Waals surface area contributed by atoms with Gasteiger partial charge in [0.1, 0.15) is 12.3 Å². The summed E-state index contributed by atoms with van der Waals surface area (Å²) in [6, 6.07) is 10.9. The first-order valence-corrected chi connectivity index (χ1v) is 10.5. The number of aromatic nitrogens is 4. The molecule has 166 valence electrons. The highest BCUT2D eigenvalue weighted by Gasteiger charge is 2.20. The minimum atomic E-state index is -0.761. The topological polar surface area (TPSA) is 81.5 Å². The number of aliphatic hydroxyl groups is 1. The molecule has 0 fully saturated rings. The van der Waals surface area contributed by atoms with Crippen molar-refractivity contribution in [2.45, 2.75) is 46.8 Å². The van der Waals surface area contributed by atoms with E-state index in [1.165, 1.54) is 15.0 Å². The molecule has 8 heteroatoms. The summed E-state index contributed by atoms with van der Waals surface area (Å²) in [6.07, 6.45) is 1.11. The van der Waals surface area contributed by atoms with Crippen LogP contribution in [0.3, 0.4) is 0 Å². The molecule has 4 aromatic rings. The Labute approximate surface area is 184 Å². The predicted molar refractivity (Wildman–Crippen MR) is 121 cm³/mol.